The average molecular weight is 320 g/mol. The Morgan fingerprint density at radius 1 is 1.35 bits per heavy atom. The number of carbonyl (C=O) groups is 1. The summed E-state index contributed by atoms with van der Waals surface area (Å²) >= 11 is 0. The lowest BCUT2D eigenvalue weighted by atomic mass is 9.99. The van der Waals surface area contributed by atoms with Gasteiger partial charge in [-0.15, -0.1) is 0 Å². The van der Waals surface area contributed by atoms with Crippen LogP contribution < -0.4 is 0 Å². The highest BCUT2D eigenvalue weighted by Crippen LogP contribution is 2.22. The number of aromatic nitrogens is 2. The Kier molecular flexibility index (Phi) is 5.33. The molecule has 128 valence electrons. The second kappa shape index (κ2) is 7.45. The number of aryl methyl sites for hydroxylation is 1. The molecular formula is C17H28N4O2. The molecule has 6 heteroatoms. The van der Waals surface area contributed by atoms with Crippen molar-refractivity contribution in [3.8, 4) is 0 Å². The van der Waals surface area contributed by atoms with Crippen molar-refractivity contribution in [2.24, 2.45) is 5.92 Å². The zero-order chi connectivity index (χ0) is 16.2. The van der Waals surface area contributed by atoms with Crippen LogP contribution in [-0.2, 0) is 16.1 Å². The molecule has 23 heavy (non-hydrogen) atoms. The van der Waals surface area contributed by atoms with Gasteiger partial charge in [-0.05, 0) is 25.7 Å². The number of hydrogen-bond donors (Lipinski definition) is 0. The third-order valence-corrected chi connectivity index (χ3v) is 4.99. The number of hydrogen-bond acceptors (Lipinski definition) is 4. The van der Waals surface area contributed by atoms with E-state index >= 15 is 0 Å². The van der Waals surface area contributed by atoms with Gasteiger partial charge >= 0.3 is 0 Å². The Balaban J connectivity index is 1.53. The Morgan fingerprint density at radius 2 is 2.13 bits per heavy atom. The quantitative estimate of drug-likeness (QED) is 0.844. The van der Waals surface area contributed by atoms with Crippen LogP contribution in [0.5, 0.6) is 0 Å². The van der Waals surface area contributed by atoms with E-state index in [1.54, 1.807) is 0 Å². The average Bonchev–Trinajstić information content (AvgIpc) is 3.05. The van der Waals surface area contributed by atoms with E-state index in [0.717, 1.165) is 57.0 Å². The third-order valence-electron chi connectivity index (χ3n) is 4.99. The van der Waals surface area contributed by atoms with Crippen LogP contribution in [0.1, 0.15) is 38.4 Å². The van der Waals surface area contributed by atoms with E-state index < -0.39 is 0 Å². The van der Waals surface area contributed by atoms with Crippen molar-refractivity contribution >= 4 is 5.91 Å². The summed E-state index contributed by atoms with van der Waals surface area (Å²) < 4.78 is 7.79. The lowest BCUT2D eigenvalue weighted by Crippen LogP contribution is -2.47. The van der Waals surface area contributed by atoms with Gasteiger partial charge in [0.1, 0.15) is 0 Å². The minimum Gasteiger partial charge on any atom is -0.371 e. The van der Waals surface area contributed by atoms with Gasteiger partial charge in [0.15, 0.2) is 0 Å². The van der Waals surface area contributed by atoms with Crippen molar-refractivity contribution in [1.82, 2.24) is 19.6 Å². The molecule has 0 N–H and O–H groups in total. The summed E-state index contributed by atoms with van der Waals surface area (Å²) in [4.78, 5) is 16.7. The largest absolute Gasteiger partial charge is 0.371 e. The SMILES string of the molecule is CCn1cc(C2CN(CC(=O)N3CCC(C)CC3)CCO2)cn1. The third kappa shape index (κ3) is 4.12. The maximum atomic E-state index is 12.5. The predicted octanol–water partition coefficient (Wildman–Crippen LogP) is 1.53. The standard InChI is InChI=1S/C17H28N4O2/c1-3-21-11-15(10-18-21)16-12-19(8-9-23-16)13-17(22)20-6-4-14(2)5-7-20/h10-11,14,16H,3-9,12-13H2,1-2H3. The van der Waals surface area contributed by atoms with Crippen molar-refractivity contribution in [2.75, 3.05) is 39.3 Å². The van der Waals surface area contributed by atoms with E-state index in [9.17, 15) is 4.79 Å². The molecule has 1 aromatic heterocycles. The van der Waals surface area contributed by atoms with Crippen LogP contribution in [0, 0.1) is 5.92 Å². The second-order valence-corrected chi connectivity index (χ2v) is 6.79. The monoisotopic (exact) mass is 320 g/mol. The predicted molar refractivity (Wildman–Crippen MR) is 88.0 cm³/mol. The molecule has 1 atom stereocenters. The number of nitrogens with zero attached hydrogens (tertiary/aromatic N) is 4. The number of ether oxygens (including phenoxy) is 1. The van der Waals surface area contributed by atoms with E-state index in [1.165, 1.54) is 0 Å². The minimum atomic E-state index is 0.0261. The molecule has 6 nitrogen and oxygen atoms in total. The van der Waals surface area contributed by atoms with Crippen molar-refractivity contribution in [3.63, 3.8) is 0 Å². The first-order valence-corrected chi connectivity index (χ1v) is 8.79. The molecule has 2 saturated heterocycles. The summed E-state index contributed by atoms with van der Waals surface area (Å²) in [6, 6.07) is 0. The fraction of sp³-hybridized carbons (Fsp3) is 0.765. The fourth-order valence-electron chi connectivity index (χ4n) is 3.32. The van der Waals surface area contributed by atoms with Gasteiger partial charge in [-0.3, -0.25) is 14.4 Å². The molecule has 3 heterocycles. The van der Waals surface area contributed by atoms with E-state index in [0.29, 0.717) is 13.2 Å². The van der Waals surface area contributed by atoms with Gasteiger partial charge in [-0.2, -0.15) is 5.10 Å². The molecule has 2 fully saturated rings. The molecule has 0 bridgehead atoms. The summed E-state index contributed by atoms with van der Waals surface area (Å²) in [5, 5.41) is 4.32. The van der Waals surface area contributed by atoms with Gasteiger partial charge in [0.25, 0.3) is 0 Å². The van der Waals surface area contributed by atoms with E-state index in [-0.39, 0.29) is 12.0 Å². The lowest BCUT2D eigenvalue weighted by molar-refractivity contribution is -0.135. The number of likely N-dealkylation sites (tertiary alicyclic amines) is 1. The molecule has 0 aromatic carbocycles. The van der Waals surface area contributed by atoms with Crippen molar-refractivity contribution in [1.29, 1.82) is 0 Å². The molecule has 0 aliphatic carbocycles. The zero-order valence-corrected chi connectivity index (χ0v) is 14.3. The van der Waals surface area contributed by atoms with Gasteiger partial charge in [0.2, 0.25) is 5.91 Å². The summed E-state index contributed by atoms with van der Waals surface area (Å²) in [5.41, 5.74) is 1.11. The Labute approximate surface area is 138 Å². The van der Waals surface area contributed by atoms with Gasteiger partial charge in [-0.25, -0.2) is 0 Å². The highest BCUT2D eigenvalue weighted by atomic mass is 16.5. The van der Waals surface area contributed by atoms with Crippen LogP contribution in [0.15, 0.2) is 12.4 Å². The number of morpholine rings is 1. The highest BCUT2D eigenvalue weighted by Gasteiger charge is 2.27. The van der Waals surface area contributed by atoms with Crippen LogP contribution in [0.2, 0.25) is 0 Å². The summed E-state index contributed by atoms with van der Waals surface area (Å²) in [6.07, 6.45) is 6.22. The number of rotatable bonds is 4. The molecular weight excluding hydrogens is 292 g/mol. The van der Waals surface area contributed by atoms with Gasteiger partial charge < -0.3 is 9.64 Å². The van der Waals surface area contributed by atoms with Crippen molar-refractivity contribution in [2.45, 2.75) is 39.3 Å². The highest BCUT2D eigenvalue weighted by molar-refractivity contribution is 5.78. The molecule has 1 amide bonds. The topological polar surface area (TPSA) is 50.6 Å². The van der Waals surface area contributed by atoms with Gasteiger partial charge in [0, 0.05) is 44.5 Å². The zero-order valence-electron chi connectivity index (χ0n) is 14.3. The summed E-state index contributed by atoms with van der Waals surface area (Å²) in [6.45, 7) is 9.81. The number of amides is 1. The molecule has 2 aliphatic rings. The molecule has 0 radical (unpaired) electrons. The minimum absolute atomic E-state index is 0.0261. The van der Waals surface area contributed by atoms with Crippen molar-refractivity contribution < 1.29 is 9.53 Å². The van der Waals surface area contributed by atoms with Crippen LogP contribution >= 0.6 is 0 Å². The lowest BCUT2D eigenvalue weighted by Gasteiger charge is -2.35. The van der Waals surface area contributed by atoms with Crippen molar-refractivity contribution in [3.05, 3.63) is 18.0 Å². The first kappa shape index (κ1) is 16.5. The molecule has 3 rings (SSSR count). The number of carbonyl (C=O) groups excluding carboxylic acids is 1. The summed E-state index contributed by atoms with van der Waals surface area (Å²) in [5.74, 6) is 1.02. The Bertz CT molecular complexity index is 522. The maximum absolute atomic E-state index is 12.5. The summed E-state index contributed by atoms with van der Waals surface area (Å²) in [7, 11) is 0. The Morgan fingerprint density at radius 3 is 2.83 bits per heavy atom. The molecule has 0 saturated carbocycles. The molecule has 1 unspecified atom stereocenters. The van der Waals surface area contributed by atoms with E-state index in [2.05, 4.69) is 23.8 Å². The first-order valence-electron chi connectivity index (χ1n) is 8.79. The van der Waals surface area contributed by atoms with Crippen LogP contribution in [0.3, 0.4) is 0 Å². The maximum Gasteiger partial charge on any atom is 0.236 e. The van der Waals surface area contributed by atoms with Crippen LogP contribution in [0.25, 0.3) is 0 Å². The van der Waals surface area contributed by atoms with Gasteiger partial charge in [0.05, 0.1) is 25.5 Å². The number of piperidine rings is 1. The van der Waals surface area contributed by atoms with E-state index in [1.807, 2.05) is 22.0 Å². The normalized spacial score (nSPS) is 24.1. The van der Waals surface area contributed by atoms with E-state index in [4.69, 9.17) is 4.74 Å². The smallest absolute Gasteiger partial charge is 0.236 e. The van der Waals surface area contributed by atoms with Gasteiger partial charge in [-0.1, -0.05) is 6.92 Å². The van der Waals surface area contributed by atoms with Crippen LogP contribution in [0.4, 0.5) is 0 Å². The Hall–Kier alpha value is -1.40. The second-order valence-electron chi connectivity index (χ2n) is 6.79. The molecule has 1 aromatic rings. The molecule has 2 aliphatic heterocycles. The van der Waals surface area contributed by atoms with Crippen LogP contribution in [-0.4, -0.2) is 64.8 Å². The molecule has 0 spiro atoms. The fourth-order valence-corrected chi connectivity index (χ4v) is 3.32. The first-order chi connectivity index (χ1) is 11.2.